The lowest BCUT2D eigenvalue weighted by molar-refractivity contribution is 0.403. The van der Waals surface area contributed by atoms with E-state index in [0.717, 1.165) is 17.8 Å². The van der Waals surface area contributed by atoms with Gasteiger partial charge in [0.05, 0.1) is 5.69 Å². The molecule has 0 saturated heterocycles. The molecule has 1 heterocycles. The van der Waals surface area contributed by atoms with Gasteiger partial charge < -0.3 is 16.0 Å². The van der Waals surface area contributed by atoms with Crippen molar-refractivity contribution in [3.63, 3.8) is 0 Å². The third-order valence-corrected chi connectivity index (χ3v) is 2.42. The standard InChI is InChI=1S/C11H16N4/c1-15(2)6-8-4-3-5-9-10(8)13-7-14-11(9)12/h3-5,13H,6-7H2,1-2H3,(H2,12,14). The Kier molecular flexibility index (Phi) is 2.60. The van der Waals surface area contributed by atoms with Gasteiger partial charge in [0, 0.05) is 12.1 Å². The molecule has 80 valence electrons. The lowest BCUT2D eigenvalue weighted by atomic mass is 10.0. The summed E-state index contributed by atoms with van der Waals surface area (Å²) < 4.78 is 0. The minimum Gasteiger partial charge on any atom is -0.383 e. The minimum absolute atomic E-state index is 0.573. The van der Waals surface area contributed by atoms with Crippen molar-refractivity contribution in [1.29, 1.82) is 0 Å². The molecule has 0 saturated carbocycles. The highest BCUT2D eigenvalue weighted by atomic mass is 15.1. The predicted octanol–water partition coefficient (Wildman–Crippen LogP) is 0.837. The van der Waals surface area contributed by atoms with Crippen molar-refractivity contribution in [2.24, 2.45) is 10.7 Å². The van der Waals surface area contributed by atoms with Gasteiger partial charge >= 0.3 is 0 Å². The molecular weight excluding hydrogens is 188 g/mol. The Morgan fingerprint density at radius 1 is 1.47 bits per heavy atom. The van der Waals surface area contributed by atoms with Gasteiger partial charge in [-0.3, -0.25) is 0 Å². The maximum Gasteiger partial charge on any atom is 0.129 e. The van der Waals surface area contributed by atoms with Crippen LogP contribution in [0.4, 0.5) is 5.69 Å². The molecule has 3 N–H and O–H groups in total. The van der Waals surface area contributed by atoms with E-state index in [1.807, 2.05) is 12.1 Å². The van der Waals surface area contributed by atoms with Gasteiger partial charge in [-0.2, -0.15) is 0 Å². The van der Waals surface area contributed by atoms with Crippen LogP contribution in [0, 0.1) is 0 Å². The number of nitrogens with two attached hydrogens (primary N) is 1. The number of anilines is 1. The van der Waals surface area contributed by atoms with Crippen molar-refractivity contribution in [3.05, 3.63) is 29.3 Å². The van der Waals surface area contributed by atoms with Gasteiger partial charge in [0.2, 0.25) is 0 Å². The van der Waals surface area contributed by atoms with E-state index in [-0.39, 0.29) is 0 Å². The van der Waals surface area contributed by atoms with Crippen LogP contribution in [0.15, 0.2) is 23.2 Å². The van der Waals surface area contributed by atoms with E-state index in [2.05, 4.69) is 35.4 Å². The Bertz CT molecular complexity index is 396. The van der Waals surface area contributed by atoms with Gasteiger partial charge in [-0.25, -0.2) is 4.99 Å². The molecule has 1 aromatic rings. The van der Waals surface area contributed by atoms with E-state index >= 15 is 0 Å². The van der Waals surface area contributed by atoms with E-state index in [1.54, 1.807) is 0 Å². The van der Waals surface area contributed by atoms with Gasteiger partial charge in [0.1, 0.15) is 12.5 Å². The molecule has 0 fully saturated rings. The van der Waals surface area contributed by atoms with Crippen LogP contribution < -0.4 is 11.1 Å². The summed E-state index contributed by atoms with van der Waals surface area (Å²) in [6, 6.07) is 6.14. The summed E-state index contributed by atoms with van der Waals surface area (Å²) in [6.45, 7) is 1.48. The zero-order valence-electron chi connectivity index (χ0n) is 9.12. The highest BCUT2D eigenvalue weighted by Crippen LogP contribution is 2.24. The topological polar surface area (TPSA) is 53.6 Å². The third-order valence-electron chi connectivity index (χ3n) is 2.42. The Morgan fingerprint density at radius 3 is 3.00 bits per heavy atom. The number of amidine groups is 1. The number of aliphatic imine (C=N–C) groups is 1. The van der Waals surface area contributed by atoms with E-state index in [4.69, 9.17) is 5.73 Å². The summed E-state index contributed by atoms with van der Waals surface area (Å²) >= 11 is 0. The molecule has 0 aromatic heterocycles. The van der Waals surface area contributed by atoms with Crippen molar-refractivity contribution in [2.75, 3.05) is 26.1 Å². The first-order chi connectivity index (χ1) is 7.18. The first-order valence-electron chi connectivity index (χ1n) is 4.99. The molecule has 1 aliphatic heterocycles. The number of nitrogens with one attached hydrogen (secondary N) is 1. The van der Waals surface area contributed by atoms with Crippen LogP contribution in [-0.4, -0.2) is 31.5 Å². The highest BCUT2D eigenvalue weighted by molar-refractivity contribution is 6.04. The minimum atomic E-state index is 0.573. The molecule has 1 aliphatic rings. The molecule has 0 amide bonds. The average Bonchev–Trinajstić information content (AvgIpc) is 2.19. The number of fused-ring (bicyclic) bond motifs is 1. The zero-order chi connectivity index (χ0) is 10.8. The quantitative estimate of drug-likeness (QED) is 0.750. The highest BCUT2D eigenvalue weighted by Gasteiger charge is 2.14. The van der Waals surface area contributed by atoms with Crippen molar-refractivity contribution < 1.29 is 0 Å². The summed E-state index contributed by atoms with van der Waals surface area (Å²) in [6.07, 6.45) is 0. The number of rotatable bonds is 2. The zero-order valence-corrected chi connectivity index (χ0v) is 9.12. The molecule has 4 heteroatoms. The molecule has 2 rings (SSSR count). The molecule has 0 bridgehead atoms. The lowest BCUT2D eigenvalue weighted by Gasteiger charge is -2.21. The number of hydrogen-bond donors (Lipinski definition) is 2. The summed E-state index contributed by atoms with van der Waals surface area (Å²) in [7, 11) is 4.11. The first kappa shape index (κ1) is 9.98. The summed E-state index contributed by atoms with van der Waals surface area (Å²) in [4.78, 5) is 6.30. The molecular formula is C11H16N4. The van der Waals surface area contributed by atoms with E-state index in [1.165, 1.54) is 5.56 Å². The Balaban J connectivity index is 2.42. The lowest BCUT2D eigenvalue weighted by Crippen LogP contribution is -2.24. The smallest absolute Gasteiger partial charge is 0.129 e. The van der Waals surface area contributed by atoms with Crippen molar-refractivity contribution in [2.45, 2.75) is 6.54 Å². The first-order valence-corrected chi connectivity index (χ1v) is 4.99. The summed E-state index contributed by atoms with van der Waals surface area (Å²) in [5.41, 5.74) is 9.24. The molecule has 0 unspecified atom stereocenters. The van der Waals surface area contributed by atoms with E-state index in [9.17, 15) is 0 Å². The number of hydrogen-bond acceptors (Lipinski definition) is 4. The molecule has 1 aromatic carbocycles. The normalized spacial score (nSPS) is 14.5. The Labute approximate surface area is 89.8 Å². The van der Waals surface area contributed by atoms with Gasteiger partial charge in [-0.15, -0.1) is 0 Å². The van der Waals surface area contributed by atoms with Crippen molar-refractivity contribution in [3.8, 4) is 0 Å². The number of benzene rings is 1. The van der Waals surface area contributed by atoms with Crippen molar-refractivity contribution in [1.82, 2.24) is 4.90 Å². The van der Waals surface area contributed by atoms with Gasteiger partial charge in [0.15, 0.2) is 0 Å². The SMILES string of the molecule is CN(C)Cc1cccc2c1NCN=C2N. The molecule has 0 atom stereocenters. The second-order valence-corrected chi connectivity index (χ2v) is 3.96. The third kappa shape index (κ3) is 1.94. The molecule has 4 nitrogen and oxygen atoms in total. The van der Waals surface area contributed by atoms with Crippen LogP contribution in [0.2, 0.25) is 0 Å². The second-order valence-electron chi connectivity index (χ2n) is 3.96. The Hall–Kier alpha value is -1.55. The van der Waals surface area contributed by atoms with Crippen LogP contribution in [-0.2, 0) is 6.54 Å². The fourth-order valence-corrected chi connectivity index (χ4v) is 1.78. The van der Waals surface area contributed by atoms with E-state index < -0.39 is 0 Å². The Morgan fingerprint density at radius 2 is 2.27 bits per heavy atom. The predicted molar refractivity (Wildman–Crippen MR) is 63.0 cm³/mol. The van der Waals surface area contributed by atoms with Gasteiger partial charge in [-0.05, 0) is 25.7 Å². The summed E-state index contributed by atoms with van der Waals surface area (Å²) in [5, 5.41) is 3.27. The maximum atomic E-state index is 5.84. The van der Waals surface area contributed by atoms with Crippen LogP contribution in [0.25, 0.3) is 0 Å². The second kappa shape index (κ2) is 3.90. The largest absolute Gasteiger partial charge is 0.383 e. The fourth-order valence-electron chi connectivity index (χ4n) is 1.78. The monoisotopic (exact) mass is 204 g/mol. The van der Waals surface area contributed by atoms with Gasteiger partial charge in [-0.1, -0.05) is 12.1 Å². The van der Waals surface area contributed by atoms with Crippen LogP contribution >= 0.6 is 0 Å². The molecule has 15 heavy (non-hydrogen) atoms. The maximum absolute atomic E-state index is 5.84. The van der Waals surface area contributed by atoms with E-state index in [0.29, 0.717) is 12.5 Å². The van der Waals surface area contributed by atoms with Crippen LogP contribution in [0.1, 0.15) is 11.1 Å². The molecule has 0 radical (unpaired) electrons. The van der Waals surface area contributed by atoms with Gasteiger partial charge in [0.25, 0.3) is 0 Å². The van der Waals surface area contributed by atoms with Crippen LogP contribution in [0.3, 0.4) is 0 Å². The van der Waals surface area contributed by atoms with Crippen LogP contribution in [0.5, 0.6) is 0 Å². The molecule has 0 spiro atoms. The average molecular weight is 204 g/mol. The fraction of sp³-hybridized carbons (Fsp3) is 0.364. The number of para-hydroxylation sites is 1. The summed E-state index contributed by atoms with van der Waals surface area (Å²) in [5.74, 6) is 0.629. The van der Waals surface area contributed by atoms with Crippen molar-refractivity contribution >= 4 is 11.5 Å². The molecule has 0 aliphatic carbocycles. The number of nitrogens with zero attached hydrogens (tertiary/aromatic N) is 2.